The van der Waals surface area contributed by atoms with Crippen LogP contribution in [0.15, 0.2) is 17.5 Å². The average molecular weight is 240 g/mol. The third-order valence-electron chi connectivity index (χ3n) is 3.16. The molecule has 1 aromatic rings. The van der Waals surface area contributed by atoms with Crippen molar-refractivity contribution in [3.8, 4) is 0 Å². The molecule has 0 radical (unpaired) electrons. The first-order valence-corrected chi connectivity index (χ1v) is 7.14. The summed E-state index contributed by atoms with van der Waals surface area (Å²) < 4.78 is 0. The summed E-state index contributed by atoms with van der Waals surface area (Å²) in [6.45, 7) is 4.52. The van der Waals surface area contributed by atoms with Crippen LogP contribution in [-0.4, -0.2) is 6.04 Å². The second-order valence-electron chi connectivity index (χ2n) is 4.51. The summed E-state index contributed by atoms with van der Waals surface area (Å²) in [6.07, 6.45) is 6.09. The van der Waals surface area contributed by atoms with E-state index < -0.39 is 0 Å². The summed E-state index contributed by atoms with van der Waals surface area (Å²) in [5, 5.41) is 2.15. The minimum absolute atomic E-state index is 0.472. The summed E-state index contributed by atoms with van der Waals surface area (Å²) in [7, 11) is 0. The molecule has 0 saturated carbocycles. The maximum Gasteiger partial charge on any atom is 0.0236 e. The Bertz CT molecular complexity index is 259. The summed E-state index contributed by atoms with van der Waals surface area (Å²) in [6, 6.07) is 4.81. The molecule has 0 aliphatic rings. The molecule has 0 amide bonds. The number of nitrogens with one attached hydrogen (secondary N) is 1. The van der Waals surface area contributed by atoms with Gasteiger partial charge in [0.15, 0.2) is 0 Å². The number of hydrazine groups is 1. The Kier molecular flexibility index (Phi) is 6.69. The van der Waals surface area contributed by atoms with Crippen molar-refractivity contribution in [2.45, 2.75) is 52.0 Å². The molecule has 0 aromatic carbocycles. The highest BCUT2D eigenvalue weighted by atomic mass is 32.1. The Balaban J connectivity index is 2.23. The van der Waals surface area contributed by atoms with E-state index in [2.05, 4.69) is 36.8 Å². The first-order chi connectivity index (χ1) is 7.77. The summed E-state index contributed by atoms with van der Waals surface area (Å²) >= 11 is 1.85. The highest BCUT2D eigenvalue weighted by Gasteiger charge is 2.14. The standard InChI is InChI=1S/C13H24N2S/c1-3-6-11(2)13(15-14)9-4-7-12-8-5-10-16-12/h5,8,10-11,13,15H,3-4,6-7,9,14H2,1-2H3. The van der Waals surface area contributed by atoms with E-state index in [1.54, 1.807) is 0 Å². The zero-order valence-corrected chi connectivity index (χ0v) is 11.2. The fourth-order valence-corrected chi connectivity index (χ4v) is 2.89. The summed E-state index contributed by atoms with van der Waals surface area (Å²) in [5.41, 5.74) is 2.97. The number of aryl methyl sites for hydroxylation is 1. The van der Waals surface area contributed by atoms with Crippen LogP contribution in [0, 0.1) is 5.92 Å². The van der Waals surface area contributed by atoms with Gasteiger partial charge in [-0.1, -0.05) is 26.3 Å². The SMILES string of the molecule is CCCC(C)C(CCCc1cccs1)NN. The van der Waals surface area contributed by atoms with Gasteiger partial charge >= 0.3 is 0 Å². The summed E-state index contributed by atoms with van der Waals surface area (Å²) in [5.74, 6) is 6.30. The lowest BCUT2D eigenvalue weighted by Gasteiger charge is -2.22. The van der Waals surface area contributed by atoms with E-state index in [1.165, 1.54) is 37.0 Å². The minimum Gasteiger partial charge on any atom is -0.271 e. The van der Waals surface area contributed by atoms with Crippen molar-refractivity contribution < 1.29 is 0 Å². The Hall–Kier alpha value is -0.380. The molecule has 2 nitrogen and oxygen atoms in total. The Labute approximate surface area is 103 Å². The molecular formula is C13H24N2S. The van der Waals surface area contributed by atoms with Gasteiger partial charge in [-0.05, 0) is 43.0 Å². The van der Waals surface area contributed by atoms with Crippen LogP contribution in [-0.2, 0) is 6.42 Å². The van der Waals surface area contributed by atoms with Crippen molar-refractivity contribution >= 4 is 11.3 Å². The van der Waals surface area contributed by atoms with Crippen molar-refractivity contribution in [1.82, 2.24) is 5.43 Å². The van der Waals surface area contributed by atoms with Crippen LogP contribution < -0.4 is 11.3 Å². The molecule has 3 N–H and O–H groups in total. The Morgan fingerprint density at radius 3 is 2.81 bits per heavy atom. The van der Waals surface area contributed by atoms with Crippen LogP contribution in [0.3, 0.4) is 0 Å². The molecular weight excluding hydrogens is 216 g/mol. The molecule has 0 spiro atoms. The van der Waals surface area contributed by atoms with Gasteiger partial charge in [0.1, 0.15) is 0 Å². The van der Waals surface area contributed by atoms with Crippen LogP contribution in [0.2, 0.25) is 0 Å². The van der Waals surface area contributed by atoms with E-state index in [0.717, 1.165) is 0 Å². The van der Waals surface area contributed by atoms with Crippen molar-refractivity contribution in [2.24, 2.45) is 11.8 Å². The van der Waals surface area contributed by atoms with Gasteiger partial charge in [-0.3, -0.25) is 11.3 Å². The third-order valence-corrected chi connectivity index (χ3v) is 4.10. The van der Waals surface area contributed by atoms with Crippen molar-refractivity contribution in [2.75, 3.05) is 0 Å². The third kappa shape index (κ3) is 4.64. The predicted molar refractivity (Wildman–Crippen MR) is 72.4 cm³/mol. The molecule has 0 aliphatic heterocycles. The molecule has 16 heavy (non-hydrogen) atoms. The van der Waals surface area contributed by atoms with E-state index in [1.807, 2.05) is 11.3 Å². The Morgan fingerprint density at radius 2 is 2.25 bits per heavy atom. The average Bonchev–Trinajstić information content (AvgIpc) is 2.77. The molecule has 3 heteroatoms. The largest absolute Gasteiger partial charge is 0.271 e. The molecule has 2 atom stereocenters. The van der Waals surface area contributed by atoms with Gasteiger partial charge in [0, 0.05) is 10.9 Å². The van der Waals surface area contributed by atoms with Crippen LogP contribution in [0.4, 0.5) is 0 Å². The number of hydrogen-bond donors (Lipinski definition) is 2. The lowest BCUT2D eigenvalue weighted by molar-refractivity contribution is 0.335. The summed E-state index contributed by atoms with van der Waals surface area (Å²) in [4.78, 5) is 1.49. The molecule has 1 aromatic heterocycles. The molecule has 2 unspecified atom stereocenters. The number of nitrogens with two attached hydrogens (primary N) is 1. The van der Waals surface area contributed by atoms with Gasteiger partial charge < -0.3 is 0 Å². The fourth-order valence-electron chi connectivity index (χ4n) is 2.14. The molecule has 0 aliphatic carbocycles. The van der Waals surface area contributed by atoms with Gasteiger partial charge in [0.2, 0.25) is 0 Å². The van der Waals surface area contributed by atoms with Crippen LogP contribution in [0.25, 0.3) is 0 Å². The Morgan fingerprint density at radius 1 is 1.44 bits per heavy atom. The van der Waals surface area contributed by atoms with Crippen molar-refractivity contribution in [1.29, 1.82) is 0 Å². The first kappa shape index (κ1) is 13.7. The first-order valence-electron chi connectivity index (χ1n) is 6.26. The van der Waals surface area contributed by atoms with Gasteiger partial charge in [-0.15, -0.1) is 11.3 Å². The van der Waals surface area contributed by atoms with Gasteiger partial charge in [-0.2, -0.15) is 0 Å². The lowest BCUT2D eigenvalue weighted by Crippen LogP contribution is -2.39. The topological polar surface area (TPSA) is 38.0 Å². The number of hydrogen-bond acceptors (Lipinski definition) is 3. The zero-order chi connectivity index (χ0) is 11.8. The highest BCUT2D eigenvalue weighted by molar-refractivity contribution is 7.09. The maximum absolute atomic E-state index is 5.62. The highest BCUT2D eigenvalue weighted by Crippen LogP contribution is 2.17. The normalized spacial score (nSPS) is 14.9. The monoisotopic (exact) mass is 240 g/mol. The van der Waals surface area contributed by atoms with E-state index >= 15 is 0 Å². The molecule has 0 fully saturated rings. The molecule has 92 valence electrons. The minimum atomic E-state index is 0.472. The molecule has 1 rings (SSSR count). The molecule has 0 bridgehead atoms. The van der Waals surface area contributed by atoms with Gasteiger partial charge in [0.25, 0.3) is 0 Å². The van der Waals surface area contributed by atoms with Crippen LogP contribution in [0.1, 0.15) is 44.4 Å². The van der Waals surface area contributed by atoms with Crippen molar-refractivity contribution in [3.63, 3.8) is 0 Å². The molecule has 1 heterocycles. The van der Waals surface area contributed by atoms with E-state index in [0.29, 0.717) is 12.0 Å². The second kappa shape index (κ2) is 7.82. The fraction of sp³-hybridized carbons (Fsp3) is 0.692. The van der Waals surface area contributed by atoms with E-state index in [9.17, 15) is 0 Å². The van der Waals surface area contributed by atoms with E-state index in [-0.39, 0.29) is 0 Å². The van der Waals surface area contributed by atoms with Crippen LogP contribution in [0.5, 0.6) is 0 Å². The zero-order valence-electron chi connectivity index (χ0n) is 10.4. The molecule has 0 saturated heterocycles. The van der Waals surface area contributed by atoms with Crippen molar-refractivity contribution in [3.05, 3.63) is 22.4 Å². The van der Waals surface area contributed by atoms with Gasteiger partial charge in [-0.25, -0.2) is 0 Å². The van der Waals surface area contributed by atoms with Crippen LogP contribution >= 0.6 is 11.3 Å². The van der Waals surface area contributed by atoms with Gasteiger partial charge in [0.05, 0.1) is 0 Å². The quantitative estimate of drug-likeness (QED) is 0.540. The number of thiophene rings is 1. The number of rotatable bonds is 8. The lowest BCUT2D eigenvalue weighted by atomic mass is 9.93. The van der Waals surface area contributed by atoms with E-state index in [4.69, 9.17) is 5.84 Å². The maximum atomic E-state index is 5.62. The second-order valence-corrected chi connectivity index (χ2v) is 5.54. The predicted octanol–water partition coefficient (Wildman–Crippen LogP) is 3.34. The smallest absolute Gasteiger partial charge is 0.0236 e.